The Labute approximate surface area is 129 Å². The Morgan fingerprint density at radius 3 is 1.96 bits per heavy atom. The Bertz CT molecular complexity index is 1320. The van der Waals surface area contributed by atoms with Crippen LogP contribution in [0.3, 0.4) is 0 Å². The second kappa shape index (κ2) is 1.01. The first-order valence-electron chi connectivity index (χ1n) is 8.94. The molecule has 4 atom stereocenters. The maximum atomic E-state index is 11.2. The van der Waals surface area contributed by atoms with E-state index in [4.69, 9.17) is 0 Å². The molecule has 0 aromatic heterocycles. The van der Waals surface area contributed by atoms with E-state index in [9.17, 15) is 4.79 Å². The third kappa shape index (κ3) is 0.147. The van der Waals surface area contributed by atoms with Gasteiger partial charge in [-0.2, -0.15) is 0 Å². The van der Waals surface area contributed by atoms with Crippen LogP contribution in [0.2, 0.25) is 47.7 Å². The molecule has 10 heterocycles. The van der Waals surface area contributed by atoms with E-state index in [1.807, 2.05) is 0 Å². The summed E-state index contributed by atoms with van der Waals surface area (Å²) >= 11 is 1.32. The molecule has 116 valence electrons. The minimum atomic E-state index is -2.99. The summed E-state index contributed by atoms with van der Waals surface area (Å²) in [5.74, 6) is 7.66. The van der Waals surface area contributed by atoms with E-state index in [1.165, 1.54) is 60.7 Å². The van der Waals surface area contributed by atoms with Gasteiger partial charge in [-0.3, -0.25) is 0 Å². The zero-order valence-corrected chi connectivity index (χ0v) is 14.6. The van der Waals surface area contributed by atoms with Crippen LogP contribution < -0.4 is 0 Å². The van der Waals surface area contributed by atoms with Gasteiger partial charge in [-0.15, -0.1) is 0 Å². The number of rotatable bonds is 1. The predicted molar refractivity (Wildman–Crippen MR) is 86.3 cm³/mol. The van der Waals surface area contributed by atoms with Crippen LogP contribution in [0.1, 0.15) is 12.5 Å². The fourth-order valence-electron chi connectivity index (χ4n) is 17.4. The molecule has 10 aliphatic heterocycles. The van der Waals surface area contributed by atoms with Gasteiger partial charge in [0.15, 0.2) is 0 Å². The van der Waals surface area contributed by atoms with Crippen LogP contribution in [0.5, 0.6) is 0 Å². The number of benzene rings is 1. The van der Waals surface area contributed by atoms with E-state index in [0.717, 1.165) is 4.90 Å². The van der Waals surface area contributed by atoms with Gasteiger partial charge < -0.3 is 0 Å². The van der Waals surface area contributed by atoms with E-state index in [-0.39, 0.29) is 5.12 Å². The van der Waals surface area contributed by atoms with Gasteiger partial charge in [-0.05, 0) is 0 Å². The Kier molecular flexibility index (Phi) is 0.427. The monoisotopic (exact) mass is 360 g/mol. The second-order valence-corrected chi connectivity index (χ2v) is 36.9. The van der Waals surface area contributed by atoms with Crippen molar-refractivity contribution >= 4 is 16.9 Å². The normalized spacial score (nSPS) is 90.2. The molecule has 1 spiro atoms. The van der Waals surface area contributed by atoms with Crippen LogP contribution in [-0.2, 0) is 11.3 Å². The molecule has 1 aromatic carbocycles. The number of hydrogen-bond acceptors (Lipinski definition) is 2. The molecule has 23 heavy (non-hydrogen) atoms. The van der Waals surface area contributed by atoms with E-state index < -0.39 is 6.51 Å². The van der Waals surface area contributed by atoms with Gasteiger partial charge in [-0.25, -0.2) is 0 Å². The topological polar surface area (TPSA) is 17.1 Å². The third-order valence-electron chi connectivity index (χ3n) is 16.2. The molecule has 0 N–H and O–H groups in total. The second-order valence-electron chi connectivity index (χ2n) is 12.0. The number of carbonyl (C=O) groups is 1. The van der Waals surface area contributed by atoms with E-state index in [1.54, 1.807) is 6.92 Å². The number of carbonyl (C=O) groups excluding carboxylic acids is 1. The molecule has 11 rings (SSSR count). The summed E-state index contributed by atoms with van der Waals surface area (Å²) in [4.78, 5) is 24.3. The van der Waals surface area contributed by atoms with E-state index in [2.05, 4.69) is 36.1 Å². The SMILES string of the molecule is CC(=O)Sc1ccc(C#C[C]23[CH]4[CH]5[CH]6[CH]2[Fe]56432789[CH]3[CH]2[CH]7[CH]8[CH]39)cc1. The average Bonchev–Trinajstić information content (AvgIpc) is 3.47. The molecule has 1 aromatic rings. The van der Waals surface area contributed by atoms with Crippen LogP contribution in [0, 0.1) is 11.8 Å². The molecule has 0 bridgehead atoms. The molecule has 0 saturated carbocycles. The number of hydrogen-bond donors (Lipinski definition) is 0. The van der Waals surface area contributed by atoms with Crippen molar-refractivity contribution in [1.82, 2.24) is 0 Å². The summed E-state index contributed by atoms with van der Waals surface area (Å²) in [6.45, 7) is -1.36. The van der Waals surface area contributed by atoms with Crippen LogP contribution in [0.25, 0.3) is 0 Å². The van der Waals surface area contributed by atoms with Crippen LogP contribution in [0.4, 0.5) is 0 Å². The van der Waals surface area contributed by atoms with Crippen molar-refractivity contribution in [2.45, 2.75) is 59.5 Å². The van der Waals surface area contributed by atoms with Crippen molar-refractivity contribution in [1.29, 1.82) is 0 Å². The molecule has 0 amide bonds. The van der Waals surface area contributed by atoms with Gasteiger partial charge >= 0.3 is 129 Å². The molecule has 4 unspecified atom stereocenters. The molecular weight excluding hydrogens is 344 g/mol. The summed E-state index contributed by atoms with van der Waals surface area (Å²) in [5, 5.41) is 0.155. The van der Waals surface area contributed by atoms with Gasteiger partial charge in [0, 0.05) is 0 Å². The van der Waals surface area contributed by atoms with Gasteiger partial charge in [-0.1, -0.05) is 0 Å². The predicted octanol–water partition coefficient (Wildman–Crippen LogP) is 5.44. The molecule has 1 nitrogen and oxygen atoms in total. The Morgan fingerprint density at radius 2 is 1.57 bits per heavy atom. The quantitative estimate of drug-likeness (QED) is 0.377. The standard InChI is InChI=1S/C15H11OS.C5H5.Fe/c1-12(16)17-15-10-8-14(9-11-15)7-6-13-4-2-3-5-13;1-2-4-5-3-1;/h2-5,8-11H,1H3;1-5H;. The van der Waals surface area contributed by atoms with Gasteiger partial charge in [0.1, 0.15) is 0 Å². The van der Waals surface area contributed by atoms with Gasteiger partial charge in [0.05, 0.1) is 0 Å². The molecule has 10 fully saturated rings. The van der Waals surface area contributed by atoms with Crippen molar-refractivity contribution in [2.75, 3.05) is 0 Å². The Balaban J connectivity index is 1.13. The first-order valence-corrected chi connectivity index (χ1v) is 16.0. The maximum absolute atomic E-state index is 11.2. The summed E-state index contributed by atoms with van der Waals surface area (Å²) in [6, 6.07) is 8.38. The van der Waals surface area contributed by atoms with Crippen molar-refractivity contribution in [3.63, 3.8) is 0 Å². The van der Waals surface area contributed by atoms with E-state index >= 15 is 0 Å². The number of fused-ring (bicyclic) bond motifs is 10. The van der Waals surface area contributed by atoms with Gasteiger partial charge in [0.2, 0.25) is 0 Å². The summed E-state index contributed by atoms with van der Waals surface area (Å²) in [5.41, 5.74) is 1.17. The third-order valence-corrected chi connectivity index (χ3v) is 59.2. The molecule has 0 radical (unpaired) electrons. The summed E-state index contributed by atoms with van der Waals surface area (Å²) in [7, 11) is 0. The molecule has 10 saturated heterocycles. The van der Waals surface area contributed by atoms with Crippen molar-refractivity contribution in [3.8, 4) is 11.8 Å². The minimum absolute atomic E-state index is 0.155. The van der Waals surface area contributed by atoms with Crippen molar-refractivity contribution in [2.24, 2.45) is 0 Å². The summed E-state index contributed by atoms with van der Waals surface area (Å²) in [6.07, 6.45) is 0. The van der Waals surface area contributed by atoms with Crippen LogP contribution in [-0.4, -0.2) is 5.12 Å². The fraction of sp³-hybridized carbons (Fsp3) is 0.550. The number of thioether (sulfide) groups is 1. The van der Waals surface area contributed by atoms with Crippen LogP contribution in [0.15, 0.2) is 29.2 Å². The van der Waals surface area contributed by atoms with Crippen molar-refractivity contribution in [3.05, 3.63) is 29.8 Å². The first kappa shape index (κ1) is 9.71. The van der Waals surface area contributed by atoms with Gasteiger partial charge in [0.25, 0.3) is 0 Å². The molecule has 10 aliphatic rings. The molecule has 0 aliphatic carbocycles. The molecule has 3 heteroatoms. The Hall–Kier alpha value is -0.681. The fourth-order valence-corrected chi connectivity index (χ4v) is 91.0. The summed E-state index contributed by atoms with van der Waals surface area (Å²) < 4.78 is 0.714. The van der Waals surface area contributed by atoms with Crippen LogP contribution >= 0.6 is 11.8 Å². The average molecular weight is 360 g/mol. The van der Waals surface area contributed by atoms with Crippen molar-refractivity contribution < 1.29 is 11.3 Å². The Morgan fingerprint density at radius 1 is 1.00 bits per heavy atom. The van der Waals surface area contributed by atoms with E-state index in [0.29, 0.717) is 4.31 Å². The zero-order valence-electron chi connectivity index (χ0n) is 12.7. The first-order chi connectivity index (χ1) is 10.9. The zero-order chi connectivity index (χ0) is 14.7. The molecular formula is C20H16FeOS.